The predicted octanol–water partition coefficient (Wildman–Crippen LogP) is 3.92. The largest absolute Gasteiger partial charge is 0.391 e. The Bertz CT molecular complexity index is 378. The highest BCUT2D eigenvalue weighted by molar-refractivity contribution is 5.41. The minimum Gasteiger partial charge on any atom is -0.381 e. The fraction of sp³-hybridized carbons (Fsp3) is 0.615. The topological polar surface area (TPSA) is 24.9 Å². The van der Waals surface area contributed by atoms with Gasteiger partial charge in [0.2, 0.25) is 0 Å². The first kappa shape index (κ1) is 13.2. The number of alkyl halides is 3. The van der Waals surface area contributed by atoms with Crippen LogP contribution in [0, 0.1) is 12.8 Å². The van der Waals surface area contributed by atoms with E-state index in [1.807, 2.05) is 19.1 Å². The van der Waals surface area contributed by atoms with E-state index in [1.165, 1.54) is 0 Å². The van der Waals surface area contributed by atoms with E-state index in [2.05, 4.69) is 10.3 Å². The summed E-state index contributed by atoms with van der Waals surface area (Å²) in [4.78, 5) is 4.16. The van der Waals surface area contributed by atoms with Crippen LogP contribution in [0.3, 0.4) is 0 Å². The zero-order valence-corrected chi connectivity index (χ0v) is 10.3. The molecule has 1 heterocycles. The lowest BCUT2D eigenvalue weighted by Gasteiger charge is -2.30. The average molecular weight is 258 g/mol. The summed E-state index contributed by atoms with van der Waals surface area (Å²) in [6.45, 7) is 1.90. The van der Waals surface area contributed by atoms with Crippen LogP contribution in [0.1, 0.15) is 31.4 Å². The standard InChI is InChI=1S/C13H17F3N2/c1-9-2-5-12(8-17-9)18-11-6-3-10(4-7-11)13(14,15)16/h2,5,8,10-11,18H,3-4,6-7H2,1H3. The van der Waals surface area contributed by atoms with Crippen molar-refractivity contribution in [2.24, 2.45) is 5.92 Å². The van der Waals surface area contributed by atoms with Gasteiger partial charge >= 0.3 is 6.18 Å². The molecule has 5 heteroatoms. The van der Waals surface area contributed by atoms with Crippen LogP contribution in [0.4, 0.5) is 18.9 Å². The number of nitrogens with one attached hydrogen (secondary N) is 1. The smallest absolute Gasteiger partial charge is 0.381 e. The molecule has 1 aliphatic rings. The monoisotopic (exact) mass is 258 g/mol. The molecule has 0 aromatic carbocycles. The van der Waals surface area contributed by atoms with Crippen LogP contribution in [0.15, 0.2) is 18.3 Å². The Morgan fingerprint density at radius 3 is 2.33 bits per heavy atom. The molecule has 18 heavy (non-hydrogen) atoms. The molecule has 2 rings (SSSR count). The fourth-order valence-electron chi connectivity index (χ4n) is 2.35. The molecule has 0 bridgehead atoms. The minimum atomic E-state index is -4.03. The Morgan fingerprint density at radius 2 is 1.83 bits per heavy atom. The van der Waals surface area contributed by atoms with Gasteiger partial charge in [-0.05, 0) is 44.7 Å². The number of halogens is 3. The molecular weight excluding hydrogens is 241 g/mol. The predicted molar refractivity (Wildman–Crippen MR) is 64.4 cm³/mol. The first-order valence-electron chi connectivity index (χ1n) is 6.21. The van der Waals surface area contributed by atoms with Crippen LogP contribution in [0.2, 0.25) is 0 Å². The normalized spacial score (nSPS) is 24.9. The Balaban J connectivity index is 1.85. The Hall–Kier alpha value is -1.26. The van der Waals surface area contributed by atoms with Crippen molar-refractivity contribution in [1.82, 2.24) is 4.98 Å². The quantitative estimate of drug-likeness (QED) is 0.869. The van der Waals surface area contributed by atoms with Gasteiger partial charge in [0, 0.05) is 11.7 Å². The molecule has 1 aromatic heterocycles. The fourth-order valence-corrected chi connectivity index (χ4v) is 2.35. The molecule has 0 aliphatic heterocycles. The second-order valence-electron chi connectivity index (χ2n) is 4.92. The summed E-state index contributed by atoms with van der Waals surface area (Å²) in [7, 11) is 0. The highest BCUT2D eigenvalue weighted by Gasteiger charge is 2.41. The lowest BCUT2D eigenvalue weighted by Crippen LogP contribution is -2.32. The molecule has 0 atom stereocenters. The van der Waals surface area contributed by atoms with Crippen LogP contribution in [0.5, 0.6) is 0 Å². The molecule has 0 spiro atoms. The summed E-state index contributed by atoms with van der Waals surface area (Å²) in [5, 5.41) is 3.25. The van der Waals surface area contributed by atoms with Gasteiger partial charge in [0.1, 0.15) is 0 Å². The zero-order chi connectivity index (χ0) is 13.2. The van der Waals surface area contributed by atoms with E-state index in [9.17, 15) is 13.2 Å². The number of nitrogens with zero attached hydrogens (tertiary/aromatic N) is 1. The first-order valence-corrected chi connectivity index (χ1v) is 6.21. The van der Waals surface area contributed by atoms with Gasteiger partial charge in [-0.1, -0.05) is 0 Å². The van der Waals surface area contributed by atoms with E-state index < -0.39 is 12.1 Å². The molecule has 2 nitrogen and oxygen atoms in total. The number of pyridine rings is 1. The van der Waals surface area contributed by atoms with Crippen LogP contribution in [0.25, 0.3) is 0 Å². The average Bonchev–Trinajstić information content (AvgIpc) is 2.32. The Morgan fingerprint density at radius 1 is 1.17 bits per heavy atom. The second-order valence-corrected chi connectivity index (χ2v) is 4.92. The molecule has 1 aromatic rings. The summed E-state index contributed by atoms with van der Waals surface area (Å²) in [6.07, 6.45) is -0.724. The van der Waals surface area contributed by atoms with Gasteiger partial charge in [-0.25, -0.2) is 0 Å². The maximum Gasteiger partial charge on any atom is 0.391 e. The maximum absolute atomic E-state index is 12.5. The SMILES string of the molecule is Cc1ccc(NC2CCC(C(F)(F)F)CC2)cn1. The molecule has 0 unspecified atom stereocenters. The van der Waals surface area contributed by atoms with Gasteiger partial charge in [-0.15, -0.1) is 0 Å². The lowest BCUT2D eigenvalue weighted by molar-refractivity contribution is -0.182. The number of hydrogen-bond donors (Lipinski definition) is 1. The van der Waals surface area contributed by atoms with Crippen molar-refractivity contribution in [3.05, 3.63) is 24.0 Å². The molecule has 0 saturated heterocycles. The number of aromatic nitrogens is 1. The summed E-state index contributed by atoms with van der Waals surface area (Å²) >= 11 is 0. The van der Waals surface area contributed by atoms with Gasteiger partial charge in [0.25, 0.3) is 0 Å². The summed E-state index contributed by atoms with van der Waals surface area (Å²) in [5.41, 5.74) is 1.82. The van der Waals surface area contributed by atoms with Crippen LogP contribution in [-0.4, -0.2) is 17.2 Å². The molecule has 1 aliphatic carbocycles. The Kier molecular flexibility index (Phi) is 3.78. The van der Waals surface area contributed by atoms with Gasteiger partial charge in [-0.3, -0.25) is 4.98 Å². The molecule has 0 amide bonds. The molecule has 1 fully saturated rings. The van der Waals surface area contributed by atoms with Crippen LogP contribution >= 0.6 is 0 Å². The first-order chi connectivity index (χ1) is 8.45. The number of aryl methyl sites for hydroxylation is 1. The van der Waals surface area contributed by atoms with Gasteiger partial charge in [0.15, 0.2) is 0 Å². The lowest BCUT2D eigenvalue weighted by atomic mass is 9.85. The van der Waals surface area contributed by atoms with E-state index >= 15 is 0 Å². The van der Waals surface area contributed by atoms with Crippen molar-refractivity contribution in [3.63, 3.8) is 0 Å². The van der Waals surface area contributed by atoms with Crippen molar-refractivity contribution < 1.29 is 13.2 Å². The van der Waals surface area contributed by atoms with Crippen molar-refractivity contribution in [3.8, 4) is 0 Å². The van der Waals surface area contributed by atoms with Crippen molar-refractivity contribution in [2.45, 2.75) is 44.8 Å². The molecule has 1 N–H and O–H groups in total. The number of hydrogen-bond acceptors (Lipinski definition) is 2. The van der Waals surface area contributed by atoms with E-state index in [-0.39, 0.29) is 18.9 Å². The number of rotatable bonds is 2. The van der Waals surface area contributed by atoms with Gasteiger partial charge in [0.05, 0.1) is 17.8 Å². The summed E-state index contributed by atoms with van der Waals surface area (Å²) in [6, 6.07) is 3.94. The van der Waals surface area contributed by atoms with Crippen molar-refractivity contribution in [1.29, 1.82) is 0 Å². The van der Waals surface area contributed by atoms with Crippen LogP contribution < -0.4 is 5.32 Å². The number of anilines is 1. The van der Waals surface area contributed by atoms with E-state index in [1.54, 1.807) is 6.20 Å². The van der Waals surface area contributed by atoms with E-state index in [0.717, 1.165) is 11.4 Å². The zero-order valence-electron chi connectivity index (χ0n) is 10.3. The van der Waals surface area contributed by atoms with E-state index in [4.69, 9.17) is 0 Å². The highest BCUT2D eigenvalue weighted by atomic mass is 19.4. The third kappa shape index (κ3) is 3.37. The van der Waals surface area contributed by atoms with Gasteiger partial charge in [-0.2, -0.15) is 13.2 Å². The highest BCUT2D eigenvalue weighted by Crippen LogP contribution is 2.38. The second kappa shape index (κ2) is 5.16. The van der Waals surface area contributed by atoms with Gasteiger partial charge < -0.3 is 5.32 Å². The third-order valence-corrected chi connectivity index (χ3v) is 3.47. The molecule has 100 valence electrons. The van der Waals surface area contributed by atoms with Crippen molar-refractivity contribution in [2.75, 3.05) is 5.32 Å². The summed E-state index contributed by atoms with van der Waals surface area (Å²) in [5.74, 6) is -1.12. The summed E-state index contributed by atoms with van der Waals surface area (Å²) < 4.78 is 37.5. The molecule has 0 radical (unpaired) electrons. The minimum absolute atomic E-state index is 0.133. The third-order valence-electron chi connectivity index (χ3n) is 3.47. The molecule has 1 saturated carbocycles. The van der Waals surface area contributed by atoms with Crippen LogP contribution in [-0.2, 0) is 0 Å². The maximum atomic E-state index is 12.5. The van der Waals surface area contributed by atoms with E-state index in [0.29, 0.717) is 12.8 Å². The van der Waals surface area contributed by atoms with Crippen molar-refractivity contribution >= 4 is 5.69 Å². The molecular formula is C13H17F3N2. The Labute approximate surface area is 105 Å².